The quantitative estimate of drug-likeness (QED) is 0.571. The molecule has 0 aliphatic heterocycles. The van der Waals surface area contributed by atoms with E-state index in [-0.39, 0.29) is 6.54 Å². The van der Waals surface area contributed by atoms with Gasteiger partial charge in [-0.3, -0.25) is 0 Å². The topological polar surface area (TPSA) is 26.0 Å². The average molecular weight is 105 g/mol. The molecule has 2 N–H and O–H groups in total. The molecule has 0 aromatic rings. The lowest BCUT2D eigenvalue weighted by Crippen LogP contribution is -2.14. The van der Waals surface area contributed by atoms with Crippen molar-refractivity contribution in [2.75, 3.05) is 6.54 Å². The average Bonchev–Trinajstić information content (AvgIpc) is 1.68. The molecule has 2 heteroatoms. The highest BCUT2D eigenvalue weighted by Gasteiger charge is 1.97. The first-order chi connectivity index (χ1) is 3.31. The van der Waals surface area contributed by atoms with Crippen LogP contribution in [0.25, 0.3) is 0 Å². The van der Waals surface area contributed by atoms with Crippen molar-refractivity contribution in [3.05, 3.63) is 0 Å². The number of halogens is 1. The lowest BCUT2D eigenvalue weighted by atomic mass is 10.2. The van der Waals surface area contributed by atoms with E-state index in [1.807, 2.05) is 6.92 Å². The highest BCUT2D eigenvalue weighted by Crippen LogP contribution is 1.96. The molecule has 0 amide bonds. The minimum absolute atomic E-state index is 0.174. The molecule has 1 atom stereocenters. The fourth-order valence-electron chi connectivity index (χ4n) is 0.431. The fourth-order valence-corrected chi connectivity index (χ4v) is 0.431. The molecule has 1 nitrogen and oxygen atoms in total. The van der Waals surface area contributed by atoms with E-state index in [1.165, 1.54) is 0 Å². The summed E-state index contributed by atoms with van der Waals surface area (Å²) in [6.07, 6.45) is 0.722. The Balaban J connectivity index is 2.83. The van der Waals surface area contributed by atoms with Gasteiger partial charge in [0.05, 0.1) is 0 Å². The standard InChI is InChI=1S/C5H12FN/c1-2-3-5(6)4-7/h5H,2-4,7H2,1H3/t5-/m1/s1. The molecule has 0 rings (SSSR count). The molecular weight excluding hydrogens is 93.1 g/mol. The summed E-state index contributed by atoms with van der Waals surface area (Å²) in [5.74, 6) is 0. The van der Waals surface area contributed by atoms with Gasteiger partial charge in [0.1, 0.15) is 6.17 Å². The predicted octanol–water partition coefficient (Wildman–Crippen LogP) is 1.08. The molecule has 0 aromatic carbocycles. The van der Waals surface area contributed by atoms with Crippen molar-refractivity contribution in [2.24, 2.45) is 5.73 Å². The van der Waals surface area contributed by atoms with Gasteiger partial charge in [0, 0.05) is 6.54 Å². The zero-order valence-corrected chi connectivity index (χ0v) is 4.65. The first-order valence-corrected chi connectivity index (χ1v) is 2.65. The van der Waals surface area contributed by atoms with Crippen LogP contribution in [0.1, 0.15) is 19.8 Å². The number of alkyl halides is 1. The number of rotatable bonds is 3. The summed E-state index contributed by atoms with van der Waals surface area (Å²) in [5.41, 5.74) is 4.98. The summed E-state index contributed by atoms with van der Waals surface area (Å²) in [6, 6.07) is 0. The maximum Gasteiger partial charge on any atom is 0.112 e. The van der Waals surface area contributed by atoms with Gasteiger partial charge in [-0.25, -0.2) is 4.39 Å². The molecule has 0 bridgehead atoms. The predicted molar refractivity (Wildman–Crippen MR) is 28.9 cm³/mol. The molecule has 0 saturated carbocycles. The molecule has 0 saturated heterocycles. The van der Waals surface area contributed by atoms with Crippen LogP contribution >= 0.6 is 0 Å². The van der Waals surface area contributed by atoms with Crippen molar-refractivity contribution in [3.8, 4) is 0 Å². The molecular formula is C5H12FN. The second-order valence-electron chi connectivity index (χ2n) is 1.62. The lowest BCUT2D eigenvalue weighted by molar-refractivity contribution is 0.320. The van der Waals surface area contributed by atoms with Gasteiger partial charge in [0.2, 0.25) is 0 Å². The van der Waals surface area contributed by atoms with Gasteiger partial charge in [-0.2, -0.15) is 0 Å². The molecule has 0 aliphatic carbocycles. The number of hydrogen-bond acceptors (Lipinski definition) is 1. The van der Waals surface area contributed by atoms with Crippen molar-refractivity contribution >= 4 is 0 Å². The third kappa shape index (κ3) is 3.73. The van der Waals surface area contributed by atoms with Gasteiger partial charge in [-0.05, 0) is 6.42 Å². The minimum atomic E-state index is -0.773. The Hall–Kier alpha value is -0.110. The second kappa shape index (κ2) is 4.06. The van der Waals surface area contributed by atoms with Crippen LogP contribution in [0.2, 0.25) is 0 Å². The van der Waals surface area contributed by atoms with E-state index in [9.17, 15) is 4.39 Å². The summed E-state index contributed by atoms with van der Waals surface area (Å²) in [5, 5.41) is 0. The Morgan fingerprint density at radius 1 is 1.71 bits per heavy atom. The van der Waals surface area contributed by atoms with E-state index in [2.05, 4.69) is 0 Å². The third-order valence-corrected chi connectivity index (χ3v) is 0.858. The fraction of sp³-hybridized carbons (Fsp3) is 1.00. The Morgan fingerprint density at radius 2 is 2.29 bits per heavy atom. The molecule has 0 heterocycles. The number of hydrogen-bond donors (Lipinski definition) is 1. The molecule has 0 radical (unpaired) electrons. The van der Waals surface area contributed by atoms with Crippen molar-refractivity contribution < 1.29 is 4.39 Å². The van der Waals surface area contributed by atoms with Crippen LogP contribution in [0.3, 0.4) is 0 Å². The van der Waals surface area contributed by atoms with Crippen molar-refractivity contribution in [2.45, 2.75) is 25.9 Å². The second-order valence-corrected chi connectivity index (χ2v) is 1.62. The summed E-state index contributed by atoms with van der Waals surface area (Å²) in [7, 11) is 0. The third-order valence-electron chi connectivity index (χ3n) is 0.858. The van der Waals surface area contributed by atoms with Gasteiger partial charge in [0.25, 0.3) is 0 Å². The molecule has 0 fully saturated rings. The van der Waals surface area contributed by atoms with Crippen LogP contribution in [-0.2, 0) is 0 Å². The Bertz CT molecular complexity index is 39.1. The van der Waals surface area contributed by atoms with Crippen molar-refractivity contribution in [3.63, 3.8) is 0 Å². The summed E-state index contributed by atoms with van der Waals surface area (Å²) >= 11 is 0. The zero-order valence-electron chi connectivity index (χ0n) is 4.65. The monoisotopic (exact) mass is 105 g/mol. The Labute approximate surface area is 43.7 Å². The molecule has 7 heavy (non-hydrogen) atoms. The van der Waals surface area contributed by atoms with Crippen LogP contribution in [0.15, 0.2) is 0 Å². The largest absolute Gasteiger partial charge is 0.328 e. The molecule has 0 unspecified atom stereocenters. The van der Waals surface area contributed by atoms with Gasteiger partial charge >= 0.3 is 0 Å². The molecule has 0 spiro atoms. The molecule has 0 aromatic heterocycles. The first kappa shape index (κ1) is 6.89. The van der Waals surface area contributed by atoms with E-state index in [1.54, 1.807) is 0 Å². The van der Waals surface area contributed by atoms with Gasteiger partial charge < -0.3 is 5.73 Å². The maximum absolute atomic E-state index is 12.0. The van der Waals surface area contributed by atoms with E-state index in [0.29, 0.717) is 6.42 Å². The van der Waals surface area contributed by atoms with Crippen LogP contribution in [0.5, 0.6) is 0 Å². The normalized spacial score (nSPS) is 14.1. The van der Waals surface area contributed by atoms with Crippen molar-refractivity contribution in [1.82, 2.24) is 0 Å². The van der Waals surface area contributed by atoms with Crippen LogP contribution in [-0.4, -0.2) is 12.7 Å². The smallest absolute Gasteiger partial charge is 0.112 e. The summed E-state index contributed by atoms with van der Waals surface area (Å²) in [6.45, 7) is 2.12. The van der Waals surface area contributed by atoms with E-state index in [0.717, 1.165) is 6.42 Å². The Morgan fingerprint density at radius 3 is 2.43 bits per heavy atom. The van der Waals surface area contributed by atoms with Crippen LogP contribution in [0.4, 0.5) is 4.39 Å². The highest BCUT2D eigenvalue weighted by atomic mass is 19.1. The van der Waals surface area contributed by atoms with Gasteiger partial charge in [0.15, 0.2) is 0 Å². The van der Waals surface area contributed by atoms with Gasteiger partial charge in [-0.15, -0.1) is 0 Å². The van der Waals surface area contributed by atoms with E-state index in [4.69, 9.17) is 5.73 Å². The number of nitrogens with two attached hydrogens (primary N) is 1. The SMILES string of the molecule is CCC[C@@H](F)CN. The van der Waals surface area contributed by atoms with Gasteiger partial charge in [-0.1, -0.05) is 13.3 Å². The zero-order chi connectivity index (χ0) is 5.70. The van der Waals surface area contributed by atoms with E-state index >= 15 is 0 Å². The van der Waals surface area contributed by atoms with Crippen molar-refractivity contribution in [1.29, 1.82) is 0 Å². The first-order valence-electron chi connectivity index (χ1n) is 2.65. The van der Waals surface area contributed by atoms with Crippen LogP contribution in [0, 0.1) is 0 Å². The highest BCUT2D eigenvalue weighted by molar-refractivity contribution is 4.52. The maximum atomic E-state index is 12.0. The summed E-state index contributed by atoms with van der Waals surface area (Å²) < 4.78 is 12.0. The van der Waals surface area contributed by atoms with E-state index < -0.39 is 6.17 Å². The molecule has 44 valence electrons. The lowest BCUT2D eigenvalue weighted by Gasteiger charge is -1.98. The Kier molecular flexibility index (Phi) is 4.00. The molecule has 0 aliphatic rings. The van der Waals surface area contributed by atoms with Crippen LogP contribution < -0.4 is 5.73 Å². The minimum Gasteiger partial charge on any atom is -0.328 e. The summed E-state index contributed by atoms with van der Waals surface area (Å²) in [4.78, 5) is 0.